The van der Waals surface area contributed by atoms with Gasteiger partial charge in [0.15, 0.2) is 18.1 Å². The van der Waals surface area contributed by atoms with Crippen molar-refractivity contribution in [3.63, 3.8) is 0 Å². The molecule has 2 rings (SSSR count). The fourth-order valence-electron chi connectivity index (χ4n) is 2.21. The minimum atomic E-state index is -0.385. The molecule has 0 atom stereocenters. The lowest BCUT2D eigenvalue weighted by molar-refractivity contribution is -0.123. The number of aromatic hydroxyl groups is 1. The summed E-state index contributed by atoms with van der Waals surface area (Å²) in [6.07, 6.45) is 1.45. The van der Waals surface area contributed by atoms with E-state index in [0.717, 1.165) is 4.47 Å². The van der Waals surface area contributed by atoms with Crippen LogP contribution in [0.1, 0.15) is 31.9 Å². The van der Waals surface area contributed by atoms with Crippen LogP contribution in [0.3, 0.4) is 0 Å². The molecule has 0 aliphatic carbocycles. The smallest absolute Gasteiger partial charge is 0.277 e. The van der Waals surface area contributed by atoms with Crippen LogP contribution in [-0.2, 0) is 10.2 Å². The third-order valence-corrected chi connectivity index (χ3v) is 4.38. The number of carbonyl (C=O) groups excluding carboxylic acids is 1. The first-order chi connectivity index (χ1) is 12.7. The Hall–Kier alpha value is -2.54. The van der Waals surface area contributed by atoms with Gasteiger partial charge in [-0.15, -0.1) is 0 Å². The van der Waals surface area contributed by atoms with Crippen molar-refractivity contribution < 1.29 is 19.4 Å². The van der Waals surface area contributed by atoms with Crippen molar-refractivity contribution >= 4 is 28.1 Å². The van der Waals surface area contributed by atoms with Crippen LogP contribution in [0, 0.1) is 0 Å². The molecule has 0 saturated carbocycles. The third kappa shape index (κ3) is 5.99. The molecule has 0 bridgehead atoms. The van der Waals surface area contributed by atoms with E-state index in [9.17, 15) is 9.90 Å². The number of nitrogens with zero attached hydrogens (tertiary/aromatic N) is 1. The van der Waals surface area contributed by atoms with Gasteiger partial charge in [-0.3, -0.25) is 4.79 Å². The predicted octanol–water partition coefficient (Wildman–Crippen LogP) is 3.99. The lowest BCUT2D eigenvalue weighted by atomic mass is 9.87. The number of rotatable bonds is 6. The minimum absolute atomic E-state index is 0.0318. The molecule has 6 nitrogen and oxygen atoms in total. The Kier molecular flexibility index (Phi) is 6.85. The highest BCUT2D eigenvalue weighted by Gasteiger charge is 2.15. The van der Waals surface area contributed by atoms with E-state index in [1.807, 2.05) is 18.2 Å². The second-order valence-corrected chi connectivity index (χ2v) is 7.76. The minimum Gasteiger partial charge on any atom is -0.504 e. The monoisotopic (exact) mass is 434 g/mol. The molecule has 0 aliphatic heterocycles. The fraction of sp³-hybridized carbons (Fsp3) is 0.300. The Morgan fingerprint density at radius 3 is 2.59 bits per heavy atom. The van der Waals surface area contributed by atoms with E-state index in [1.165, 1.54) is 25.0 Å². The molecule has 0 radical (unpaired) electrons. The largest absolute Gasteiger partial charge is 0.504 e. The molecule has 2 aromatic rings. The summed E-state index contributed by atoms with van der Waals surface area (Å²) in [6, 6.07) is 10.6. The summed E-state index contributed by atoms with van der Waals surface area (Å²) in [6.45, 7) is 6.23. The Morgan fingerprint density at radius 1 is 1.22 bits per heavy atom. The van der Waals surface area contributed by atoms with Gasteiger partial charge in [-0.2, -0.15) is 5.10 Å². The Bertz CT molecular complexity index is 844. The number of halogens is 1. The average molecular weight is 435 g/mol. The zero-order valence-corrected chi connectivity index (χ0v) is 17.3. The number of benzene rings is 2. The lowest BCUT2D eigenvalue weighted by Crippen LogP contribution is -2.24. The van der Waals surface area contributed by atoms with Crippen LogP contribution in [0.4, 0.5) is 0 Å². The van der Waals surface area contributed by atoms with Gasteiger partial charge in [-0.1, -0.05) is 26.8 Å². The number of phenols is 1. The molecule has 0 aromatic heterocycles. The summed E-state index contributed by atoms with van der Waals surface area (Å²) in [5.74, 6) is 0.571. The molecule has 7 heteroatoms. The Labute approximate surface area is 167 Å². The maximum Gasteiger partial charge on any atom is 0.277 e. The zero-order chi connectivity index (χ0) is 20.0. The molecule has 0 saturated heterocycles. The number of carbonyl (C=O) groups is 1. The van der Waals surface area contributed by atoms with E-state index in [4.69, 9.17) is 9.47 Å². The first kappa shape index (κ1) is 20.8. The van der Waals surface area contributed by atoms with Gasteiger partial charge in [0.05, 0.1) is 17.8 Å². The summed E-state index contributed by atoms with van der Waals surface area (Å²) >= 11 is 3.47. The predicted molar refractivity (Wildman–Crippen MR) is 109 cm³/mol. The van der Waals surface area contributed by atoms with Gasteiger partial charge in [-0.25, -0.2) is 5.43 Å². The number of hydrazone groups is 1. The van der Waals surface area contributed by atoms with Crippen LogP contribution in [0.2, 0.25) is 0 Å². The van der Waals surface area contributed by atoms with Gasteiger partial charge in [-0.05, 0) is 62.8 Å². The van der Waals surface area contributed by atoms with Crippen molar-refractivity contribution in [3.05, 3.63) is 52.0 Å². The van der Waals surface area contributed by atoms with Crippen LogP contribution in [0.5, 0.6) is 17.2 Å². The normalized spacial score (nSPS) is 11.4. The van der Waals surface area contributed by atoms with Gasteiger partial charge < -0.3 is 14.6 Å². The van der Waals surface area contributed by atoms with Crippen LogP contribution in [0.15, 0.2) is 46.0 Å². The molecular formula is C20H23BrN2O4. The number of hydrogen-bond donors (Lipinski definition) is 2. The lowest BCUT2D eigenvalue weighted by Gasteiger charge is -2.20. The van der Waals surface area contributed by atoms with E-state index < -0.39 is 0 Å². The molecule has 0 spiro atoms. The molecule has 27 heavy (non-hydrogen) atoms. The number of nitrogens with one attached hydrogen (secondary N) is 1. The van der Waals surface area contributed by atoms with Gasteiger partial charge in [0.2, 0.25) is 0 Å². The summed E-state index contributed by atoms with van der Waals surface area (Å²) in [4.78, 5) is 11.9. The molecule has 0 fully saturated rings. The van der Waals surface area contributed by atoms with Gasteiger partial charge in [0, 0.05) is 0 Å². The van der Waals surface area contributed by atoms with E-state index in [1.54, 1.807) is 12.1 Å². The maximum atomic E-state index is 11.9. The number of phenolic OH excluding ortho intramolecular Hbond substituents is 1. The molecule has 0 aliphatic rings. The highest BCUT2D eigenvalue weighted by atomic mass is 79.9. The maximum absolute atomic E-state index is 11.9. The van der Waals surface area contributed by atoms with Crippen LogP contribution in [0.25, 0.3) is 0 Å². The summed E-state index contributed by atoms with van der Waals surface area (Å²) in [7, 11) is 1.46. The topological polar surface area (TPSA) is 80.2 Å². The molecule has 2 N–H and O–H groups in total. The second kappa shape index (κ2) is 8.90. The molecule has 0 unspecified atom stereocenters. The Morgan fingerprint density at radius 2 is 1.96 bits per heavy atom. The third-order valence-electron chi connectivity index (χ3n) is 3.76. The first-order valence-corrected chi connectivity index (χ1v) is 9.11. The molecule has 2 aromatic carbocycles. The Balaban J connectivity index is 1.89. The number of amides is 1. The summed E-state index contributed by atoms with van der Waals surface area (Å²) in [5.41, 5.74) is 4.27. The van der Waals surface area contributed by atoms with Crippen molar-refractivity contribution in [1.82, 2.24) is 5.43 Å². The van der Waals surface area contributed by atoms with Crippen molar-refractivity contribution in [3.8, 4) is 17.2 Å². The fourth-order valence-corrected chi connectivity index (χ4v) is 2.71. The van der Waals surface area contributed by atoms with Crippen molar-refractivity contribution in [2.24, 2.45) is 5.10 Å². The van der Waals surface area contributed by atoms with Crippen LogP contribution in [-0.4, -0.2) is 30.9 Å². The second-order valence-electron chi connectivity index (χ2n) is 6.91. The average Bonchev–Trinajstić information content (AvgIpc) is 2.61. The van der Waals surface area contributed by atoms with E-state index in [2.05, 4.69) is 47.2 Å². The molecule has 144 valence electrons. The first-order valence-electron chi connectivity index (χ1n) is 8.32. The molecule has 0 heterocycles. The zero-order valence-electron chi connectivity index (χ0n) is 15.7. The summed E-state index contributed by atoms with van der Waals surface area (Å²) in [5, 5.41) is 13.4. The summed E-state index contributed by atoms with van der Waals surface area (Å²) < 4.78 is 11.3. The van der Waals surface area contributed by atoms with E-state index in [-0.39, 0.29) is 23.7 Å². The van der Waals surface area contributed by atoms with Crippen molar-refractivity contribution in [1.29, 1.82) is 0 Å². The van der Waals surface area contributed by atoms with Crippen molar-refractivity contribution in [2.75, 3.05) is 13.7 Å². The number of ether oxygens (including phenoxy) is 2. The standard InChI is InChI=1S/C20H23BrN2O4/c1-20(2,3)14-6-8-17(15(21)10-14)27-12-19(25)23-22-11-13-5-7-16(24)18(9-13)26-4/h5-11,24H,12H2,1-4H3,(H,23,25). The highest BCUT2D eigenvalue weighted by Crippen LogP contribution is 2.31. The quantitative estimate of drug-likeness (QED) is 0.531. The van der Waals surface area contributed by atoms with Gasteiger partial charge in [0.25, 0.3) is 5.91 Å². The highest BCUT2D eigenvalue weighted by molar-refractivity contribution is 9.10. The van der Waals surface area contributed by atoms with E-state index in [0.29, 0.717) is 17.1 Å². The molecule has 1 amide bonds. The number of hydrogen-bond acceptors (Lipinski definition) is 5. The number of methoxy groups -OCH3 is 1. The van der Waals surface area contributed by atoms with Crippen LogP contribution >= 0.6 is 15.9 Å². The van der Waals surface area contributed by atoms with Gasteiger partial charge in [0.1, 0.15) is 5.75 Å². The SMILES string of the molecule is COc1cc(C=NNC(=O)COc2ccc(C(C)(C)C)cc2Br)ccc1O. The van der Waals surface area contributed by atoms with Crippen LogP contribution < -0.4 is 14.9 Å². The molecular weight excluding hydrogens is 412 g/mol. The van der Waals surface area contributed by atoms with Crippen molar-refractivity contribution in [2.45, 2.75) is 26.2 Å². The van der Waals surface area contributed by atoms with E-state index >= 15 is 0 Å². The van der Waals surface area contributed by atoms with Gasteiger partial charge >= 0.3 is 0 Å².